The average Bonchev–Trinajstić information content (AvgIpc) is 2.47. The number of hydrogen-bond donors (Lipinski definition) is 1. The number of carbonyl (C=O) groups excluding carboxylic acids is 1. The maximum absolute atomic E-state index is 11.9. The lowest BCUT2D eigenvalue weighted by Crippen LogP contribution is -2.33. The Morgan fingerprint density at radius 3 is 2.79 bits per heavy atom. The van der Waals surface area contributed by atoms with Crippen LogP contribution < -0.4 is 10.1 Å². The predicted molar refractivity (Wildman–Crippen MR) is 73.5 cm³/mol. The summed E-state index contributed by atoms with van der Waals surface area (Å²) >= 11 is 0. The highest BCUT2D eigenvalue weighted by Crippen LogP contribution is 2.18. The van der Waals surface area contributed by atoms with Crippen molar-refractivity contribution < 1.29 is 14.3 Å². The molecule has 0 aromatic heterocycles. The molecule has 1 N–H and O–H groups in total. The summed E-state index contributed by atoms with van der Waals surface area (Å²) in [6.45, 7) is 2.15. The molecule has 4 heteroatoms. The average molecular weight is 263 g/mol. The van der Waals surface area contributed by atoms with Crippen LogP contribution in [0.25, 0.3) is 0 Å². The van der Waals surface area contributed by atoms with Crippen LogP contribution in [0.1, 0.15) is 18.4 Å². The summed E-state index contributed by atoms with van der Waals surface area (Å²) < 4.78 is 10.9. The van der Waals surface area contributed by atoms with Gasteiger partial charge in [-0.1, -0.05) is 18.2 Å². The van der Waals surface area contributed by atoms with E-state index in [2.05, 4.69) is 5.32 Å². The van der Waals surface area contributed by atoms with E-state index in [4.69, 9.17) is 9.47 Å². The third-order valence-corrected chi connectivity index (χ3v) is 3.35. The molecule has 0 amide bonds. The molecule has 104 valence electrons. The number of hydrogen-bond acceptors (Lipinski definition) is 4. The van der Waals surface area contributed by atoms with Gasteiger partial charge >= 0.3 is 0 Å². The van der Waals surface area contributed by atoms with Crippen molar-refractivity contribution in [1.29, 1.82) is 0 Å². The molecule has 0 aliphatic carbocycles. The van der Waals surface area contributed by atoms with Gasteiger partial charge in [-0.15, -0.1) is 0 Å². The van der Waals surface area contributed by atoms with E-state index in [0.29, 0.717) is 6.42 Å². The van der Waals surface area contributed by atoms with Crippen LogP contribution in [0.2, 0.25) is 0 Å². The molecule has 1 saturated heterocycles. The molecule has 1 aliphatic rings. The highest BCUT2D eigenvalue weighted by Gasteiger charge is 2.15. The molecule has 0 saturated carbocycles. The van der Waals surface area contributed by atoms with Crippen molar-refractivity contribution >= 4 is 5.78 Å². The summed E-state index contributed by atoms with van der Waals surface area (Å²) in [7, 11) is 1.62. The summed E-state index contributed by atoms with van der Waals surface area (Å²) in [5.41, 5.74) is 0.920. The van der Waals surface area contributed by atoms with Crippen molar-refractivity contribution in [3.8, 4) is 5.75 Å². The number of nitrogens with one attached hydrogen (secondary N) is 1. The Morgan fingerprint density at radius 2 is 2.05 bits per heavy atom. The molecule has 1 heterocycles. The lowest BCUT2D eigenvalue weighted by molar-refractivity contribution is -0.125. The Bertz CT molecular complexity index is 414. The summed E-state index contributed by atoms with van der Waals surface area (Å²) in [6.07, 6.45) is 2.57. The number of methoxy groups -OCH3 is 1. The molecule has 0 atom stereocenters. The maximum Gasteiger partial charge on any atom is 0.162 e. The lowest BCUT2D eigenvalue weighted by atomic mass is 10.1. The Morgan fingerprint density at radius 1 is 1.32 bits per heavy atom. The second kappa shape index (κ2) is 7.26. The van der Waals surface area contributed by atoms with Crippen molar-refractivity contribution in [1.82, 2.24) is 5.32 Å². The van der Waals surface area contributed by atoms with E-state index in [-0.39, 0.29) is 18.5 Å². The number of Topliss-reactive ketones (excluding diaryl/α,β-unsaturated/α-hetero) is 1. The van der Waals surface area contributed by atoms with E-state index < -0.39 is 0 Å². The van der Waals surface area contributed by atoms with E-state index in [1.54, 1.807) is 7.11 Å². The van der Waals surface area contributed by atoms with Gasteiger partial charge in [0.15, 0.2) is 5.78 Å². The van der Waals surface area contributed by atoms with Gasteiger partial charge in [0.1, 0.15) is 12.4 Å². The summed E-state index contributed by atoms with van der Waals surface area (Å²) in [6, 6.07) is 7.61. The Hall–Kier alpha value is -1.39. The smallest absolute Gasteiger partial charge is 0.162 e. The molecule has 0 radical (unpaired) electrons. The first-order chi connectivity index (χ1) is 9.29. The fourth-order valence-electron chi connectivity index (χ4n) is 2.29. The van der Waals surface area contributed by atoms with Gasteiger partial charge in [0.25, 0.3) is 0 Å². The van der Waals surface area contributed by atoms with Crippen LogP contribution in [-0.4, -0.2) is 38.7 Å². The van der Waals surface area contributed by atoms with E-state index in [1.165, 1.54) is 0 Å². The van der Waals surface area contributed by atoms with Gasteiger partial charge in [-0.05, 0) is 32.0 Å². The summed E-state index contributed by atoms with van der Waals surface area (Å²) in [5, 5.41) is 3.28. The Balaban J connectivity index is 1.80. The summed E-state index contributed by atoms with van der Waals surface area (Å²) in [4.78, 5) is 11.9. The molecule has 1 aromatic carbocycles. The van der Waals surface area contributed by atoms with Gasteiger partial charge in [-0.25, -0.2) is 0 Å². The van der Waals surface area contributed by atoms with Gasteiger partial charge in [0.05, 0.1) is 13.2 Å². The highest BCUT2D eigenvalue weighted by atomic mass is 16.5. The predicted octanol–water partition coefficient (Wildman–Crippen LogP) is 1.58. The number of para-hydroxylation sites is 1. The normalized spacial score (nSPS) is 16.3. The van der Waals surface area contributed by atoms with Crippen molar-refractivity contribution in [2.75, 3.05) is 26.8 Å². The van der Waals surface area contributed by atoms with Crippen LogP contribution in [0.4, 0.5) is 0 Å². The van der Waals surface area contributed by atoms with Gasteiger partial charge < -0.3 is 14.8 Å². The van der Waals surface area contributed by atoms with E-state index in [0.717, 1.165) is 37.2 Å². The van der Waals surface area contributed by atoms with Gasteiger partial charge in [-0.3, -0.25) is 4.79 Å². The second-order valence-corrected chi connectivity index (χ2v) is 4.79. The highest BCUT2D eigenvalue weighted by molar-refractivity contribution is 5.82. The number of ketones is 1. The van der Waals surface area contributed by atoms with Crippen LogP contribution in [0.3, 0.4) is 0 Å². The molecule has 19 heavy (non-hydrogen) atoms. The zero-order valence-electron chi connectivity index (χ0n) is 11.4. The topological polar surface area (TPSA) is 47.6 Å². The second-order valence-electron chi connectivity index (χ2n) is 4.79. The molecule has 1 aliphatic heterocycles. The largest absolute Gasteiger partial charge is 0.496 e. The van der Waals surface area contributed by atoms with Crippen LogP contribution >= 0.6 is 0 Å². The van der Waals surface area contributed by atoms with E-state index in [9.17, 15) is 4.79 Å². The fourth-order valence-corrected chi connectivity index (χ4v) is 2.29. The molecular weight excluding hydrogens is 242 g/mol. The lowest BCUT2D eigenvalue weighted by Gasteiger charge is -2.22. The third-order valence-electron chi connectivity index (χ3n) is 3.35. The number of benzene rings is 1. The molecule has 0 spiro atoms. The van der Waals surface area contributed by atoms with E-state index in [1.807, 2.05) is 24.3 Å². The van der Waals surface area contributed by atoms with Crippen molar-refractivity contribution in [2.24, 2.45) is 0 Å². The minimum atomic E-state index is 0.100. The number of rotatable bonds is 6. The van der Waals surface area contributed by atoms with Gasteiger partial charge in [-0.2, -0.15) is 0 Å². The molecule has 1 fully saturated rings. The Labute approximate surface area is 114 Å². The fraction of sp³-hybridized carbons (Fsp3) is 0.533. The number of carbonyl (C=O) groups is 1. The first kappa shape index (κ1) is 14.0. The Kier molecular flexibility index (Phi) is 5.36. The standard InChI is InChI=1S/C15H21NO3/c1-18-15-5-3-2-4-12(15)10-13(17)11-19-14-6-8-16-9-7-14/h2-5,14,16H,6-11H2,1H3. The first-order valence-corrected chi connectivity index (χ1v) is 6.75. The number of ether oxygens (including phenoxy) is 2. The van der Waals surface area contributed by atoms with Crippen LogP contribution in [0, 0.1) is 0 Å². The number of piperidine rings is 1. The minimum absolute atomic E-state index is 0.100. The summed E-state index contributed by atoms with van der Waals surface area (Å²) in [5.74, 6) is 0.862. The van der Waals surface area contributed by atoms with Crippen molar-refractivity contribution in [3.63, 3.8) is 0 Å². The molecular formula is C15H21NO3. The first-order valence-electron chi connectivity index (χ1n) is 6.75. The monoisotopic (exact) mass is 263 g/mol. The molecule has 4 nitrogen and oxygen atoms in total. The maximum atomic E-state index is 11.9. The molecule has 0 unspecified atom stereocenters. The SMILES string of the molecule is COc1ccccc1CC(=O)COC1CCNCC1. The van der Waals surface area contributed by atoms with Crippen LogP contribution in [0.5, 0.6) is 5.75 Å². The van der Waals surface area contributed by atoms with E-state index >= 15 is 0 Å². The quantitative estimate of drug-likeness (QED) is 0.846. The zero-order valence-corrected chi connectivity index (χ0v) is 11.4. The van der Waals surface area contributed by atoms with Crippen molar-refractivity contribution in [3.05, 3.63) is 29.8 Å². The van der Waals surface area contributed by atoms with Gasteiger partial charge in [0, 0.05) is 12.0 Å². The third kappa shape index (κ3) is 4.33. The van der Waals surface area contributed by atoms with Crippen molar-refractivity contribution in [2.45, 2.75) is 25.4 Å². The van der Waals surface area contributed by atoms with Crippen LogP contribution in [-0.2, 0) is 16.0 Å². The van der Waals surface area contributed by atoms with Crippen LogP contribution in [0.15, 0.2) is 24.3 Å². The molecule has 0 bridgehead atoms. The van der Waals surface area contributed by atoms with Gasteiger partial charge in [0.2, 0.25) is 0 Å². The molecule has 2 rings (SSSR count). The minimum Gasteiger partial charge on any atom is -0.496 e. The zero-order chi connectivity index (χ0) is 13.5. The molecule has 1 aromatic rings.